The van der Waals surface area contributed by atoms with Gasteiger partial charge in [0.15, 0.2) is 0 Å². The zero-order valence-electron chi connectivity index (χ0n) is 11.0. The molecular weight excluding hydrogens is 170 g/mol. The summed E-state index contributed by atoms with van der Waals surface area (Å²) in [6, 6.07) is 0. The Morgan fingerprint density at radius 1 is 0.929 bits per heavy atom. The summed E-state index contributed by atoms with van der Waals surface area (Å²) in [7, 11) is 2.03. The molecule has 0 fully saturated rings. The van der Waals surface area contributed by atoms with E-state index in [1.807, 2.05) is 7.05 Å². The van der Waals surface area contributed by atoms with Gasteiger partial charge in [-0.3, -0.25) is 0 Å². The first-order valence-corrected chi connectivity index (χ1v) is 5.97. The third-order valence-electron chi connectivity index (χ3n) is 2.94. The van der Waals surface area contributed by atoms with Crippen molar-refractivity contribution in [2.45, 2.75) is 60.3 Å². The summed E-state index contributed by atoms with van der Waals surface area (Å²) in [4.78, 5) is 0. The minimum absolute atomic E-state index is 0.474. The van der Waals surface area contributed by atoms with Gasteiger partial charge in [-0.25, -0.2) is 0 Å². The van der Waals surface area contributed by atoms with Crippen LogP contribution in [0.25, 0.3) is 0 Å². The van der Waals surface area contributed by atoms with Gasteiger partial charge in [-0.1, -0.05) is 41.0 Å². The van der Waals surface area contributed by atoms with Gasteiger partial charge < -0.3 is 5.32 Å². The second-order valence-corrected chi connectivity index (χ2v) is 6.11. The van der Waals surface area contributed by atoms with Crippen LogP contribution in [-0.4, -0.2) is 13.6 Å². The van der Waals surface area contributed by atoms with Crippen LogP contribution in [0.15, 0.2) is 0 Å². The van der Waals surface area contributed by atoms with E-state index in [1.54, 1.807) is 0 Å². The SMILES string of the molecule is CCCC(C)(C)CC(C)(C)CCNC. The Kier molecular flexibility index (Phi) is 5.73. The third-order valence-corrected chi connectivity index (χ3v) is 2.94. The fourth-order valence-corrected chi connectivity index (χ4v) is 2.61. The maximum absolute atomic E-state index is 3.24. The molecule has 86 valence electrons. The highest BCUT2D eigenvalue weighted by molar-refractivity contribution is 4.79. The molecule has 0 bridgehead atoms. The molecule has 0 aromatic rings. The molecule has 1 N–H and O–H groups in total. The summed E-state index contributed by atoms with van der Waals surface area (Å²) in [6.45, 7) is 13.0. The van der Waals surface area contributed by atoms with Crippen LogP contribution in [0, 0.1) is 10.8 Å². The highest BCUT2D eigenvalue weighted by atomic mass is 14.8. The Labute approximate surface area is 90.7 Å². The molecule has 0 aliphatic heterocycles. The van der Waals surface area contributed by atoms with Crippen molar-refractivity contribution < 1.29 is 0 Å². The van der Waals surface area contributed by atoms with E-state index in [1.165, 1.54) is 25.7 Å². The molecular formula is C13H29N. The van der Waals surface area contributed by atoms with Crippen molar-refractivity contribution in [3.63, 3.8) is 0 Å². The van der Waals surface area contributed by atoms with E-state index < -0.39 is 0 Å². The molecule has 0 aliphatic rings. The highest BCUT2D eigenvalue weighted by Crippen LogP contribution is 2.38. The fraction of sp³-hybridized carbons (Fsp3) is 1.00. The van der Waals surface area contributed by atoms with Crippen molar-refractivity contribution >= 4 is 0 Å². The molecule has 0 aromatic carbocycles. The smallest absolute Gasteiger partial charge is 0.00468 e. The van der Waals surface area contributed by atoms with E-state index in [4.69, 9.17) is 0 Å². The van der Waals surface area contributed by atoms with Crippen molar-refractivity contribution in [2.24, 2.45) is 10.8 Å². The van der Waals surface area contributed by atoms with E-state index in [9.17, 15) is 0 Å². The molecule has 0 spiro atoms. The van der Waals surface area contributed by atoms with E-state index in [-0.39, 0.29) is 0 Å². The first kappa shape index (κ1) is 14.0. The summed E-state index contributed by atoms with van der Waals surface area (Å²) in [6.07, 6.45) is 5.25. The Hall–Kier alpha value is -0.0400. The molecule has 0 atom stereocenters. The van der Waals surface area contributed by atoms with Crippen LogP contribution < -0.4 is 5.32 Å². The number of hydrogen-bond donors (Lipinski definition) is 1. The molecule has 0 saturated heterocycles. The van der Waals surface area contributed by atoms with Gasteiger partial charge >= 0.3 is 0 Å². The van der Waals surface area contributed by atoms with Gasteiger partial charge in [0.25, 0.3) is 0 Å². The fourth-order valence-electron chi connectivity index (χ4n) is 2.61. The molecule has 0 saturated carbocycles. The zero-order valence-corrected chi connectivity index (χ0v) is 11.0. The molecule has 14 heavy (non-hydrogen) atoms. The molecule has 0 unspecified atom stereocenters. The standard InChI is InChI=1S/C13H29N/c1-7-8-12(2,3)11-13(4,5)9-10-14-6/h14H,7-11H2,1-6H3. The molecule has 0 amide bonds. The molecule has 0 aromatic heterocycles. The minimum Gasteiger partial charge on any atom is -0.320 e. The minimum atomic E-state index is 0.474. The Bertz CT molecular complexity index is 147. The Morgan fingerprint density at radius 2 is 1.43 bits per heavy atom. The van der Waals surface area contributed by atoms with Crippen molar-refractivity contribution in [2.75, 3.05) is 13.6 Å². The lowest BCUT2D eigenvalue weighted by molar-refractivity contribution is 0.171. The van der Waals surface area contributed by atoms with Crippen molar-refractivity contribution in [3.05, 3.63) is 0 Å². The quantitative estimate of drug-likeness (QED) is 0.657. The van der Waals surface area contributed by atoms with Gasteiger partial charge in [-0.2, -0.15) is 0 Å². The highest BCUT2D eigenvalue weighted by Gasteiger charge is 2.27. The molecule has 0 radical (unpaired) electrons. The van der Waals surface area contributed by atoms with Crippen LogP contribution in [0.4, 0.5) is 0 Å². The molecule has 0 rings (SSSR count). The molecule has 1 heteroatoms. The van der Waals surface area contributed by atoms with Crippen LogP contribution in [-0.2, 0) is 0 Å². The molecule has 0 heterocycles. The summed E-state index contributed by atoms with van der Waals surface area (Å²) in [5.41, 5.74) is 0.980. The van der Waals surface area contributed by atoms with E-state index >= 15 is 0 Å². The van der Waals surface area contributed by atoms with Crippen molar-refractivity contribution in [3.8, 4) is 0 Å². The van der Waals surface area contributed by atoms with Crippen molar-refractivity contribution in [1.82, 2.24) is 5.32 Å². The van der Waals surface area contributed by atoms with Crippen LogP contribution in [0.1, 0.15) is 60.3 Å². The summed E-state index contributed by atoms with van der Waals surface area (Å²) in [5.74, 6) is 0. The second-order valence-electron chi connectivity index (χ2n) is 6.11. The largest absolute Gasteiger partial charge is 0.320 e. The summed E-state index contributed by atoms with van der Waals surface area (Å²) >= 11 is 0. The Balaban J connectivity index is 4.05. The maximum atomic E-state index is 3.24. The second kappa shape index (κ2) is 5.75. The first-order chi connectivity index (χ1) is 6.33. The van der Waals surface area contributed by atoms with Gasteiger partial charge in [-0.15, -0.1) is 0 Å². The van der Waals surface area contributed by atoms with Gasteiger partial charge in [0, 0.05) is 0 Å². The molecule has 1 nitrogen and oxygen atoms in total. The van der Waals surface area contributed by atoms with Crippen LogP contribution in [0.3, 0.4) is 0 Å². The summed E-state index contributed by atoms with van der Waals surface area (Å²) in [5, 5.41) is 3.24. The van der Waals surface area contributed by atoms with Crippen molar-refractivity contribution in [1.29, 1.82) is 0 Å². The monoisotopic (exact) mass is 199 g/mol. The topological polar surface area (TPSA) is 12.0 Å². The average Bonchev–Trinajstić information content (AvgIpc) is 1.98. The number of nitrogens with one attached hydrogen (secondary N) is 1. The van der Waals surface area contributed by atoms with Gasteiger partial charge in [0.2, 0.25) is 0 Å². The van der Waals surface area contributed by atoms with Gasteiger partial charge in [-0.05, 0) is 43.7 Å². The lowest BCUT2D eigenvalue weighted by Crippen LogP contribution is -2.26. The van der Waals surface area contributed by atoms with Crippen LogP contribution in [0.2, 0.25) is 0 Å². The normalized spacial score (nSPS) is 13.3. The van der Waals surface area contributed by atoms with E-state index in [0.29, 0.717) is 10.8 Å². The van der Waals surface area contributed by atoms with E-state index in [0.717, 1.165) is 6.54 Å². The van der Waals surface area contributed by atoms with Crippen LogP contribution >= 0.6 is 0 Å². The van der Waals surface area contributed by atoms with Gasteiger partial charge in [0.05, 0.1) is 0 Å². The summed E-state index contributed by atoms with van der Waals surface area (Å²) < 4.78 is 0. The average molecular weight is 199 g/mol. The Morgan fingerprint density at radius 3 is 1.86 bits per heavy atom. The van der Waals surface area contributed by atoms with Gasteiger partial charge in [0.1, 0.15) is 0 Å². The third kappa shape index (κ3) is 6.42. The zero-order chi connectivity index (χ0) is 11.2. The maximum Gasteiger partial charge on any atom is -0.00468 e. The predicted molar refractivity (Wildman–Crippen MR) is 65.6 cm³/mol. The molecule has 0 aliphatic carbocycles. The lowest BCUT2D eigenvalue weighted by Gasteiger charge is -2.35. The van der Waals surface area contributed by atoms with Crippen LogP contribution in [0.5, 0.6) is 0 Å². The predicted octanol–water partition coefficient (Wildman–Crippen LogP) is 3.84. The number of rotatable bonds is 7. The number of hydrogen-bond acceptors (Lipinski definition) is 1. The first-order valence-electron chi connectivity index (χ1n) is 5.97. The van der Waals surface area contributed by atoms with E-state index in [2.05, 4.69) is 39.9 Å². The lowest BCUT2D eigenvalue weighted by atomic mass is 9.71.